The van der Waals surface area contributed by atoms with Gasteiger partial charge in [0.25, 0.3) is 0 Å². The van der Waals surface area contributed by atoms with Gasteiger partial charge in [-0.05, 0) is 0 Å². The summed E-state index contributed by atoms with van der Waals surface area (Å²) in [6.07, 6.45) is -0.601. The number of hydrogen-bond acceptors (Lipinski definition) is 4. The number of nitrogens with one attached hydrogen (secondary N) is 1. The van der Waals surface area contributed by atoms with Crippen molar-refractivity contribution in [3.8, 4) is 0 Å². The molecule has 3 aliphatic rings. The van der Waals surface area contributed by atoms with Gasteiger partial charge in [0, 0.05) is 6.92 Å². The third kappa shape index (κ3) is 1.01. The summed E-state index contributed by atoms with van der Waals surface area (Å²) in [5.41, 5.74) is 0. The first-order chi connectivity index (χ1) is 6.18. The minimum absolute atomic E-state index is 0.0392. The second-order valence-corrected chi connectivity index (χ2v) is 3.85. The molecule has 0 aromatic carbocycles. The SMILES string of the molecule is CC(=O)N[C@H]1[C@H](O)[C@H]2O[C@H]2[C@H]2O[C@@H]12. The topological polar surface area (TPSA) is 74.4 Å². The highest BCUT2D eigenvalue weighted by Crippen LogP contribution is 2.48. The average molecular weight is 185 g/mol. The fraction of sp³-hybridized carbons (Fsp3) is 0.875. The molecule has 6 atom stereocenters. The van der Waals surface area contributed by atoms with E-state index in [4.69, 9.17) is 9.47 Å². The Hall–Kier alpha value is -0.650. The molecule has 0 bridgehead atoms. The largest absolute Gasteiger partial charge is 0.388 e. The molecule has 0 unspecified atom stereocenters. The Morgan fingerprint density at radius 3 is 2.54 bits per heavy atom. The zero-order chi connectivity index (χ0) is 9.16. The van der Waals surface area contributed by atoms with E-state index in [0.29, 0.717) is 0 Å². The van der Waals surface area contributed by atoms with Gasteiger partial charge in [0.05, 0.1) is 6.04 Å². The van der Waals surface area contributed by atoms with Crippen LogP contribution >= 0.6 is 0 Å². The number of hydrogen-bond donors (Lipinski definition) is 2. The van der Waals surface area contributed by atoms with Crippen molar-refractivity contribution in [3.05, 3.63) is 0 Å². The lowest BCUT2D eigenvalue weighted by atomic mass is 9.92. The Bertz CT molecular complexity index is 269. The summed E-state index contributed by atoms with van der Waals surface area (Å²) in [5.74, 6) is -0.141. The zero-order valence-electron chi connectivity index (χ0n) is 7.14. The highest BCUT2D eigenvalue weighted by molar-refractivity contribution is 5.73. The van der Waals surface area contributed by atoms with Crippen molar-refractivity contribution in [1.82, 2.24) is 5.32 Å². The van der Waals surface area contributed by atoms with Crippen molar-refractivity contribution >= 4 is 5.91 Å². The number of aliphatic hydroxyl groups excluding tert-OH is 1. The van der Waals surface area contributed by atoms with Crippen LogP contribution in [-0.4, -0.2) is 47.6 Å². The molecule has 1 saturated carbocycles. The molecule has 2 heterocycles. The van der Waals surface area contributed by atoms with Crippen LogP contribution < -0.4 is 5.32 Å². The first-order valence-electron chi connectivity index (χ1n) is 4.44. The van der Waals surface area contributed by atoms with E-state index in [9.17, 15) is 9.90 Å². The van der Waals surface area contributed by atoms with Crippen molar-refractivity contribution in [1.29, 1.82) is 0 Å². The van der Waals surface area contributed by atoms with Gasteiger partial charge in [-0.3, -0.25) is 4.79 Å². The van der Waals surface area contributed by atoms with Crippen LogP contribution in [-0.2, 0) is 14.3 Å². The van der Waals surface area contributed by atoms with E-state index in [1.165, 1.54) is 6.92 Å². The highest BCUT2D eigenvalue weighted by Gasteiger charge is 2.69. The van der Waals surface area contributed by atoms with Gasteiger partial charge in [-0.2, -0.15) is 0 Å². The molecule has 5 nitrogen and oxygen atoms in total. The van der Waals surface area contributed by atoms with Gasteiger partial charge in [-0.1, -0.05) is 0 Å². The second kappa shape index (κ2) is 2.23. The Morgan fingerprint density at radius 1 is 1.23 bits per heavy atom. The molecule has 2 aliphatic heterocycles. The molecular weight excluding hydrogens is 174 g/mol. The zero-order valence-corrected chi connectivity index (χ0v) is 7.14. The lowest BCUT2D eigenvalue weighted by Gasteiger charge is -2.22. The van der Waals surface area contributed by atoms with E-state index in [1.54, 1.807) is 0 Å². The summed E-state index contributed by atoms with van der Waals surface area (Å²) >= 11 is 0. The molecule has 3 fully saturated rings. The normalized spacial score (nSPS) is 56.2. The minimum atomic E-state index is -0.613. The molecule has 0 aromatic heterocycles. The third-order valence-electron chi connectivity index (χ3n) is 2.88. The lowest BCUT2D eigenvalue weighted by Crippen LogP contribution is -2.52. The maximum atomic E-state index is 10.8. The fourth-order valence-corrected chi connectivity index (χ4v) is 2.17. The van der Waals surface area contributed by atoms with Crippen LogP contribution in [0.15, 0.2) is 0 Å². The maximum absolute atomic E-state index is 10.8. The Morgan fingerprint density at radius 2 is 1.85 bits per heavy atom. The minimum Gasteiger partial charge on any atom is -0.388 e. The summed E-state index contributed by atoms with van der Waals surface area (Å²) in [7, 11) is 0. The van der Waals surface area contributed by atoms with Crippen molar-refractivity contribution in [3.63, 3.8) is 0 Å². The summed E-state index contributed by atoms with van der Waals surface area (Å²) in [4.78, 5) is 10.8. The van der Waals surface area contributed by atoms with Crippen LogP contribution in [0.25, 0.3) is 0 Å². The highest BCUT2D eigenvalue weighted by atomic mass is 16.7. The molecule has 0 radical (unpaired) electrons. The standard InChI is InChI=1S/C8H11NO4/c1-2(10)9-3-4(11)6-8(13-6)7-5(3)12-7/h3-8,11H,1H3,(H,9,10)/t3-,4-,5-,6+,7-,8+/m0/s1. The van der Waals surface area contributed by atoms with Crippen LogP contribution in [0.5, 0.6) is 0 Å². The van der Waals surface area contributed by atoms with Crippen molar-refractivity contribution in [2.24, 2.45) is 0 Å². The van der Waals surface area contributed by atoms with Crippen LogP contribution in [0.4, 0.5) is 0 Å². The molecule has 1 aliphatic carbocycles. The van der Waals surface area contributed by atoms with Gasteiger partial charge >= 0.3 is 0 Å². The van der Waals surface area contributed by atoms with Crippen LogP contribution in [0.3, 0.4) is 0 Å². The molecule has 1 amide bonds. The van der Waals surface area contributed by atoms with Gasteiger partial charge in [-0.15, -0.1) is 0 Å². The Labute approximate surface area is 75.0 Å². The predicted molar refractivity (Wildman–Crippen MR) is 40.9 cm³/mol. The monoisotopic (exact) mass is 185 g/mol. The molecule has 0 spiro atoms. The van der Waals surface area contributed by atoms with Gasteiger partial charge in [-0.25, -0.2) is 0 Å². The number of aliphatic hydroxyl groups is 1. The predicted octanol–water partition coefficient (Wildman–Crippen LogP) is -1.60. The molecular formula is C8H11NO4. The quantitative estimate of drug-likeness (QED) is 0.482. The summed E-state index contributed by atoms with van der Waals surface area (Å²) in [6.45, 7) is 1.43. The van der Waals surface area contributed by atoms with E-state index in [2.05, 4.69) is 5.32 Å². The maximum Gasteiger partial charge on any atom is 0.217 e. The molecule has 72 valence electrons. The summed E-state index contributed by atoms with van der Waals surface area (Å²) < 4.78 is 10.5. The van der Waals surface area contributed by atoms with E-state index < -0.39 is 6.10 Å². The van der Waals surface area contributed by atoms with Crippen molar-refractivity contribution < 1.29 is 19.4 Å². The smallest absolute Gasteiger partial charge is 0.217 e. The van der Waals surface area contributed by atoms with E-state index in [-0.39, 0.29) is 36.4 Å². The number of epoxide rings is 2. The molecule has 13 heavy (non-hydrogen) atoms. The number of carbonyl (C=O) groups excluding carboxylic acids is 1. The molecule has 3 rings (SSSR count). The fourth-order valence-electron chi connectivity index (χ4n) is 2.17. The summed E-state index contributed by atoms with van der Waals surface area (Å²) in [6, 6.07) is -0.286. The third-order valence-corrected chi connectivity index (χ3v) is 2.88. The first kappa shape index (κ1) is 7.73. The van der Waals surface area contributed by atoms with Crippen LogP contribution in [0.1, 0.15) is 6.92 Å². The lowest BCUT2D eigenvalue weighted by molar-refractivity contribution is -0.120. The number of carbonyl (C=O) groups is 1. The van der Waals surface area contributed by atoms with Crippen LogP contribution in [0.2, 0.25) is 0 Å². The summed E-state index contributed by atoms with van der Waals surface area (Å²) in [5, 5.41) is 12.4. The number of ether oxygens (including phenoxy) is 2. The van der Waals surface area contributed by atoms with E-state index in [0.717, 1.165) is 0 Å². The van der Waals surface area contributed by atoms with Gasteiger partial charge in [0.1, 0.15) is 30.5 Å². The average Bonchev–Trinajstić information content (AvgIpc) is 2.84. The van der Waals surface area contributed by atoms with Crippen LogP contribution in [0, 0.1) is 0 Å². The molecule has 0 aromatic rings. The van der Waals surface area contributed by atoms with E-state index >= 15 is 0 Å². The van der Waals surface area contributed by atoms with Crippen molar-refractivity contribution in [2.45, 2.75) is 43.5 Å². The number of fused-ring (bicyclic) bond motifs is 3. The Kier molecular flexibility index (Phi) is 1.33. The van der Waals surface area contributed by atoms with Gasteiger partial charge in [0.2, 0.25) is 5.91 Å². The Balaban J connectivity index is 1.75. The van der Waals surface area contributed by atoms with E-state index in [1.807, 2.05) is 0 Å². The number of amides is 1. The van der Waals surface area contributed by atoms with Gasteiger partial charge < -0.3 is 19.9 Å². The molecule has 2 saturated heterocycles. The molecule has 2 N–H and O–H groups in total. The van der Waals surface area contributed by atoms with Gasteiger partial charge in [0.15, 0.2) is 0 Å². The molecule has 5 heteroatoms. The number of rotatable bonds is 1. The first-order valence-corrected chi connectivity index (χ1v) is 4.44. The van der Waals surface area contributed by atoms with Crippen molar-refractivity contribution in [2.75, 3.05) is 0 Å². The second-order valence-electron chi connectivity index (χ2n) is 3.85.